The van der Waals surface area contributed by atoms with Crippen molar-refractivity contribution in [2.24, 2.45) is 11.5 Å². The zero-order valence-corrected chi connectivity index (χ0v) is 10.3. The predicted molar refractivity (Wildman–Crippen MR) is 61.6 cm³/mol. The number of hydrogen-bond acceptors (Lipinski definition) is 4. The Bertz CT molecular complexity index is 509. The van der Waals surface area contributed by atoms with E-state index in [4.69, 9.17) is 11.5 Å². The van der Waals surface area contributed by atoms with Crippen LogP contribution in [0.15, 0.2) is 6.07 Å². The van der Waals surface area contributed by atoms with Gasteiger partial charge in [0.1, 0.15) is 0 Å². The van der Waals surface area contributed by atoms with Gasteiger partial charge in [-0.25, -0.2) is 14.2 Å². The molecule has 0 aliphatic rings. The first kappa shape index (κ1) is 13.9. The van der Waals surface area contributed by atoms with E-state index >= 15 is 0 Å². The molecule has 0 bridgehead atoms. The molecule has 1 heterocycles. The maximum atomic E-state index is 13.5. The van der Waals surface area contributed by atoms with Crippen molar-refractivity contribution in [1.82, 2.24) is 4.98 Å². The molecule has 18 heavy (non-hydrogen) atoms. The van der Waals surface area contributed by atoms with Gasteiger partial charge in [0.15, 0.2) is 17.3 Å². The van der Waals surface area contributed by atoms with Crippen molar-refractivity contribution < 1.29 is 18.7 Å². The lowest BCUT2D eigenvalue weighted by Crippen LogP contribution is -2.24. The number of ether oxygens (including phenoxy) is 1. The van der Waals surface area contributed by atoms with Crippen LogP contribution in [0.2, 0.25) is 0 Å². The maximum absolute atomic E-state index is 13.5. The lowest BCUT2D eigenvalue weighted by molar-refractivity contribution is 0.0991. The molecule has 1 aromatic heterocycles. The van der Waals surface area contributed by atoms with E-state index in [0.717, 1.165) is 6.07 Å². The third-order valence-electron chi connectivity index (χ3n) is 2.10. The van der Waals surface area contributed by atoms with Gasteiger partial charge in [-0.15, -0.1) is 0 Å². The number of carbonyl (C=O) groups is 2. The van der Waals surface area contributed by atoms with Crippen LogP contribution in [0.3, 0.4) is 0 Å². The van der Waals surface area contributed by atoms with Gasteiger partial charge in [-0.1, -0.05) is 20.8 Å². The molecule has 98 valence electrons. The van der Waals surface area contributed by atoms with Gasteiger partial charge in [0.25, 0.3) is 5.91 Å². The van der Waals surface area contributed by atoms with E-state index in [9.17, 15) is 14.0 Å². The van der Waals surface area contributed by atoms with E-state index in [1.165, 1.54) is 0 Å². The highest BCUT2D eigenvalue weighted by molar-refractivity contribution is 5.91. The van der Waals surface area contributed by atoms with Gasteiger partial charge in [0.2, 0.25) is 0 Å². The average molecular weight is 255 g/mol. The summed E-state index contributed by atoms with van der Waals surface area (Å²) in [6.07, 6.45) is -1.09. The molecule has 7 heteroatoms. The number of primary amides is 2. The molecule has 1 rings (SSSR count). The summed E-state index contributed by atoms with van der Waals surface area (Å²) in [6, 6.07) is 0.873. The first-order valence-electron chi connectivity index (χ1n) is 5.11. The molecule has 0 radical (unpaired) electrons. The molecular formula is C11H14FN3O3. The van der Waals surface area contributed by atoms with Gasteiger partial charge in [-0.2, -0.15) is 0 Å². The smallest absolute Gasteiger partial charge is 0.408 e. The molecule has 0 saturated carbocycles. The zero-order valence-electron chi connectivity index (χ0n) is 10.3. The van der Waals surface area contributed by atoms with Gasteiger partial charge >= 0.3 is 6.09 Å². The molecular weight excluding hydrogens is 241 g/mol. The Morgan fingerprint density at radius 2 is 1.89 bits per heavy atom. The van der Waals surface area contributed by atoms with Crippen molar-refractivity contribution in [2.45, 2.75) is 26.2 Å². The van der Waals surface area contributed by atoms with Crippen LogP contribution in [0, 0.1) is 5.82 Å². The minimum absolute atomic E-state index is 0.127. The number of amides is 2. The number of nitrogens with two attached hydrogens (primary N) is 2. The Morgan fingerprint density at radius 3 is 2.28 bits per heavy atom. The summed E-state index contributed by atoms with van der Waals surface area (Å²) < 4.78 is 18.2. The average Bonchev–Trinajstić information content (AvgIpc) is 2.13. The second-order valence-corrected chi connectivity index (χ2v) is 4.70. The first-order valence-corrected chi connectivity index (χ1v) is 5.11. The van der Waals surface area contributed by atoms with Crippen LogP contribution in [-0.4, -0.2) is 17.0 Å². The third-order valence-corrected chi connectivity index (χ3v) is 2.10. The largest absolute Gasteiger partial charge is 0.410 e. The Morgan fingerprint density at radius 1 is 1.33 bits per heavy atom. The zero-order chi connectivity index (χ0) is 14.1. The van der Waals surface area contributed by atoms with E-state index in [1.54, 1.807) is 20.8 Å². The quantitative estimate of drug-likeness (QED) is 0.823. The molecule has 0 unspecified atom stereocenters. The topological polar surface area (TPSA) is 108 Å². The van der Waals surface area contributed by atoms with E-state index in [-0.39, 0.29) is 11.4 Å². The van der Waals surface area contributed by atoms with Gasteiger partial charge in [0.05, 0.1) is 5.69 Å². The monoisotopic (exact) mass is 255 g/mol. The molecule has 6 nitrogen and oxygen atoms in total. The van der Waals surface area contributed by atoms with Crippen molar-refractivity contribution in [2.75, 3.05) is 0 Å². The molecule has 0 aliphatic carbocycles. The molecule has 0 saturated heterocycles. The summed E-state index contributed by atoms with van der Waals surface area (Å²) in [5, 5.41) is 0. The summed E-state index contributed by atoms with van der Waals surface area (Å²) in [4.78, 5) is 25.6. The lowest BCUT2D eigenvalue weighted by Gasteiger charge is -2.21. The van der Waals surface area contributed by atoms with Crippen LogP contribution in [0.5, 0.6) is 5.75 Å². The van der Waals surface area contributed by atoms with E-state index < -0.39 is 28.9 Å². The van der Waals surface area contributed by atoms with Gasteiger partial charge in [-0.3, -0.25) is 4.79 Å². The van der Waals surface area contributed by atoms with Crippen molar-refractivity contribution in [3.8, 4) is 5.75 Å². The minimum atomic E-state index is -1.09. The molecule has 0 spiro atoms. The summed E-state index contributed by atoms with van der Waals surface area (Å²) in [6.45, 7) is 5.27. The van der Waals surface area contributed by atoms with Crippen LogP contribution in [0.25, 0.3) is 0 Å². The number of halogens is 1. The highest BCUT2D eigenvalue weighted by Crippen LogP contribution is 2.30. The number of aromatic nitrogens is 1. The number of hydrogen-bond donors (Lipinski definition) is 2. The Labute approximate surface area is 103 Å². The summed E-state index contributed by atoms with van der Waals surface area (Å²) >= 11 is 0. The van der Waals surface area contributed by atoms with E-state index in [1.807, 2.05) is 0 Å². The van der Waals surface area contributed by atoms with Gasteiger partial charge in [-0.05, 0) is 0 Å². The molecule has 0 fully saturated rings. The predicted octanol–water partition coefficient (Wildman–Crippen LogP) is 1.07. The fourth-order valence-electron chi connectivity index (χ4n) is 1.37. The second kappa shape index (κ2) is 4.59. The fourth-order valence-corrected chi connectivity index (χ4v) is 1.37. The Kier molecular flexibility index (Phi) is 3.54. The molecule has 0 aromatic carbocycles. The van der Waals surface area contributed by atoms with Crippen LogP contribution in [-0.2, 0) is 5.41 Å². The normalized spacial score (nSPS) is 11.1. The number of pyridine rings is 1. The highest BCUT2D eigenvalue weighted by Gasteiger charge is 2.26. The molecule has 0 atom stereocenters. The van der Waals surface area contributed by atoms with Crippen LogP contribution >= 0.6 is 0 Å². The number of rotatable bonds is 2. The Hall–Kier alpha value is -2.18. The standard InChI is InChI=1S/C11H14FN3O3/c1-11(2,3)8-6(18-10(14)17)4-5(12)7(15-8)9(13)16/h4H,1-3H3,(H2,13,16)(H2,14,17). The Balaban J connectivity index is 3.47. The SMILES string of the molecule is CC(C)(C)c1nc(C(N)=O)c(F)cc1OC(N)=O. The molecule has 1 aromatic rings. The van der Waals surface area contributed by atoms with Crippen LogP contribution in [0.1, 0.15) is 37.0 Å². The number of carbonyl (C=O) groups excluding carboxylic acids is 2. The molecule has 4 N–H and O–H groups in total. The summed E-state index contributed by atoms with van der Waals surface area (Å²) in [5.74, 6) is -2.09. The first-order chi connectivity index (χ1) is 8.12. The molecule has 2 amide bonds. The van der Waals surface area contributed by atoms with E-state index in [2.05, 4.69) is 9.72 Å². The third kappa shape index (κ3) is 2.93. The summed E-state index contributed by atoms with van der Waals surface area (Å²) in [5.41, 5.74) is 9.02. The second-order valence-electron chi connectivity index (χ2n) is 4.70. The number of nitrogens with zero attached hydrogens (tertiary/aromatic N) is 1. The lowest BCUT2D eigenvalue weighted by atomic mass is 9.90. The van der Waals surface area contributed by atoms with Gasteiger partial charge < -0.3 is 16.2 Å². The fraction of sp³-hybridized carbons (Fsp3) is 0.364. The maximum Gasteiger partial charge on any atom is 0.410 e. The minimum Gasteiger partial charge on any atom is -0.408 e. The van der Waals surface area contributed by atoms with Crippen molar-refractivity contribution in [1.29, 1.82) is 0 Å². The van der Waals surface area contributed by atoms with Crippen LogP contribution in [0.4, 0.5) is 9.18 Å². The van der Waals surface area contributed by atoms with E-state index in [0.29, 0.717) is 0 Å². The van der Waals surface area contributed by atoms with Crippen molar-refractivity contribution in [3.63, 3.8) is 0 Å². The summed E-state index contributed by atoms with van der Waals surface area (Å²) in [7, 11) is 0. The molecule has 0 aliphatic heterocycles. The van der Waals surface area contributed by atoms with Crippen LogP contribution < -0.4 is 16.2 Å². The van der Waals surface area contributed by atoms with Crippen molar-refractivity contribution in [3.05, 3.63) is 23.3 Å². The van der Waals surface area contributed by atoms with Gasteiger partial charge in [0, 0.05) is 11.5 Å². The van der Waals surface area contributed by atoms with Crippen molar-refractivity contribution >= 4 is 12.0 Å². The highest BCUT2D eigenvalue weighted by atomic mass is 19.1.